The van der Waals surface area contributed by atoms with Gasteiger partial charge in [-0.1, -0.05) is 31.2 Å². The molecule has 2 aromatic carbocycles. The number of fused-ring (bicyclic) bond motifs is 3. The van der Waals surface area contributed by atoms with Gasteiger partial charge >= 0.3 is 0 Å². The fourth-order valence-corrected chi connectivity index (χ4v) is 4.31. The smallest absolute Gasteiger partial charge is 0.266 e. The number of pyridine rings is 1. The molecule has 0 aliphatic heterocycles. The molecular formula is C21H20ClFN2O2S. The number of aromatic nitrogens is 1. The molecule has 0 aliphatic rings. The van der Waals surface area contributed by atoms with Gasteiger partial charge < -0.3 is 15.8 Å². The van der Waals surface area contributed by atoms with Gasteiger partial charge in [0.2, 0.25) is 0 Å². The van der Waals surface area contributed by atoms with Crippen LogP contribution < -0.4 is 11.3 Å². The number of aromatic hydroxyl groups is 1. The highest BCUT2D eigenvalue weighted by atomic mass is 35.5. The Hall–Kier alpha value is -2.41. The number of nitrogens with two attached hydrogens (primary N) is 1. The van der Waals surface area contributed by atoms with Gasteiger partial charge in [0.25, 0.3) is 5.56 Å². The average molecular weight is 419 g/mol. The van der Waals surface area contributed by atoms with Gasteiger partial charge in [0.15, 0.2) is 5.13 Å². The van der Waals surface area contributed by atoms with Crippen LogP contribution in [0, 0.1) is 12.1 Å². The second kappa shape index (κ2) is 7.54. The molecular weight excluding hydrogens is 399 g/mol. The van der Waals surface area contributed by atoms with E-state index in [0.29, 0.717) is 33.1 Å². The summed E-state index contributed by atoms with van der Waals surface area (Å²) >= 11 is 0.813. The Kier molecular flexibility index (Phi) is 5.48. The lowest BCUT2D eigenvalue weighted by Gasteiger charge is -2.14. The molecule has 4 nitrogen and oxygen atoms in total. The molecule has 2 aromatic heterocycles. The van der Waals surface area contributed by atoms with Crippen LogP contribution in [0.5, 0.6) is 5.75 Å². The lowest BCUT2D eigenvalue weighted by molar-refractivity contribution is 0.477. The molecule has 0 bridgehead atoms. The molecule has 4 N–H and O–H groups in total. The molecule has 0 saturated heterocycles. The second-order valence-electron chi connectivity index (χ2n) is 6.84. The summed E-state index contributed by atoms with van der Waals surface area (Å²) in [5, 5.41) is 11.4. The summed E-state index contributed by atoms with van der Waals surface area (Å²) in [5.74, 6) is 0.330. The summed E-state index contributed by atoms with van der Waals surface area (Å²) in [4.78, 5) is 15.2. The van der Waals surface area contributed by atoms with E-state index in [1.165, 1.54) is 6.07 Å². The summed E-state index contributed by atoms with van der Waals surface area (Å²) in [6, 6.07) is 10.8. The zero-order chi connectivity index (χ0) is 19.3. The molecule has 7 heteroatoms. The largest absolute Gasteiger partial charge is 0.507 e. The van der Waals surface area contributed by atoms with Crippen LogP contribution in [-0.4, -0.2) is 16.6 Å². The van der Waals surface area contributed by atoms with Gasteiger partial charge in [0.05, 0.1) is 5.52 Å². The Bertz CT molecular complexity index is 1230. The van der Waals surface area contributed by atoms with Crippen LogP contribution >= 0.6 is 23.7 Å². The van der Waals surface area contributed by atoms with Crippen molar-refractivity contribution in [3.8, 4) is 16.9 Å². The fraction of sp³-hybridized carbons (Fsp3) is 0.190. The van der Waals surface area contributed by atoms with Crippen molar-refractivity contribution < 1.29 is 9.50 Å². The first kappa shape index (κ1) is 20.3. The quantitative estimate of drug-likeness (QED) is 0.435. The second-order valence-corrected chi connectivity index (χ2v) is 7.85. The number of aryl methyl sites for hydroxylation is 1. The van der Waals surface area contributed by atoms with Crippen molar-refractivity contribution in [1.29, 1.82) is 0 Å². The Labute approximate surface area is 171 Å². The van der Waals surface area contributed by atoms with Crippen LogP contribution in [0.15, 0.2) is 41.2 Å². The SMILES string of the molecule is Cc1cc(O)c(-c2ccc(C(C)CN)cc2)c2c1[nH]c(=O)c1sc(F)cc12.Cl. The minimum absolute atomic E-state index is 0. The van der Waals surface area contributed by atoms with Gasteiger partial charge in [-0.2, -0.15) is 4.39 Å². The summed E-state index contributed by atoms with van der Waals surface area (Å²) in [7, 11) is 0. The van der Waals surface area contributed by atoms with Crippen LogP contribution in [-0.2, 0) is 0 Å². The molecule has 1 atom stereocenters. The minimum Gasteiger partial charge on any atom is -0.507 e. The van der Waals surface area contributed by atoms with E-state index < -0.39 is 5.13 Å². The molecule has 28 heavy (non-hydrogen) atoms. The number of aromatic amines is 1. The maximum atomic E-state index is 13.9. The average Bonchev–Trinajstić information content (AvgIpc) is 3.05. The van der Waals surface area contributed by atoms with Crippen LogP contribution in [0.1, 0.15) is 24.0 Å². The number of rotatable bonds is 3. The van der Waals surface area contributed by atoms with Crippen molar-refractivity contribution in [3.05, 3.63) is 63.0 Å². The van der Waals surface area contributed by atoms with Crippen LogP contribution in [0.4, 0.5) is 4.39 Å². The third-order valence-electron chi connectivity index (χ3n) is 5.04. The molecule has 4 aromatic rings. The number of hydrogen-bond acceptors (Lipinski definition) is 4. The van der Waals surface area contributed by atoms with Crippen LogP contribution in [0.3, 0.4) is 0 Å². The Morgan fingerprint density at radius 3 is 2.57 bits per heavy atom. The zero-order valence-electron chi connectivity index (χ0n) is 15.4. The first-order valence-corrected chi connectivity index (χ1v) is 9.50. The van der Waals surface area contributed by atoms with Crippen LogP contribution in [0.2, 0.25) is 0 Å². The molecule has 0 spiro atoms. The Morgan fingerprint density at radius 1 is 1.25 bits per heavy atom. The van der Waals surface area contributed by atoms with Crippen molar-refractivity contribution in [3.63, 3.8) is 0 Å². The summed E-state index contributed by atoms with van der Waals surface area (Å²) in [5.41, 5.74) is 9.24. The molecule has 0 saturated carbocycles. The fourth-order valence-electron chi connectivity index (χ4n) is 3.52. The van der Waals surface area contributed by atoms with E-state index >= 15 is 0 Å². The highest BCUT2D eigenvalue weighted by molar-refractivity contribution is 7.17. The summed E-state index contributed by atoms with van der Waals surface area (Å²) in [6.45, 7) is 4.41. The van der Waals surface area contributed by atoms with Crippen molar-refractivity contribution in [2.24, 2.45) is 5.73 Å². The number of phenols is 1. The Morgan fingerprint density at radius 2 is 1.93 bits per heavy atom. The highest BCUT2D eigenvalue weighted by Crippen LogP contribution is 2.41. The molecule has 4 rings (SSSR count). The van der Waals surface area contributed by atoms with Crippen LogP contribution in [0.25, 0.3) is 32.1 Å². The van der Waals surface area contributed by atoms with Crippen molar-refractivity contribution in [1.82, 2.24) is 4.98 Å². The summed E-state index contributed by atoms with van der Waals surface area (Å²) in [6.07, 6.45) is 0. The molecule has 0 aliphatic carbocycles. The Balaban J connectivity index is 0.00000225. The molecule has 0 radical (unpaired) electrons. The van der Waals surface area contributed by atoms with E-state index in [1.54, 1.807) is 6.07 Å². The molecule has 2 heterocycles. The number of nitrogens with one attached hydrogen (secondary N) is 1. The maximum absolute atomic E-state index is 13.9. The monoisotopic (exact) mass is 418 g/mol. The number of benzene rings is 2. The van der Waals surface area contributed by atoms with Crippen molar-refractivity contribution in [2.75, 3.05) is 6.54 Å². The van der Waals surface area contributed by atoms with Crippen molar-refractivity contribution >= 4 is 44.7 Å². The number of halogens is 2. The topological polar surface area (TPSA) is 79.1 Å². The molecule has 0 amide bonds. The lowest BCUT2D eigenvalue weighted by Crippen LogP contribution is -2.08. The van der Waals surface area contributed by atoms with Gasteiger partial charge in [-0.25, -0.2) is 0 Å². The minimum atomic E-state index is -0.429. The first-order chi connectivity index (χ1) is 12.9. The molecule has 1 unspecified atom stereocenters. The normalized spacial score (nSPS) is 12.3. The summed E-state index contributed by atoms with van der Waals surface area (Å²) < 4.78 is 14.3. The third kappa shape index (κ3) is 3.17. The van der Waals surface area contributed by atoms with E-state index in [1.807, 2.05) is 31.2 Å². The van der Waals surface area contributed by atoms with E-state index in [0.717, 1.165) is 28.0 Å². The van der Waals surface area contributed by atoms with Gasteiger partial charge in [0, 0.05) is 16.3 Å². The number of phenolic OH excluding ortho intramolecular Hbond substituents is 1. The standard InChI is InChI=1S/C21H19FN2O2S.ClH/c1-10-7-15(25)17(13-5-3-12(4-6-13)11(2)9-23)18-14-8-16(22)27-20(14)21(26)24-19(10)18;/h3-8,11,25H,9,23H2,1-2H3,(H,24,26);1H. The highest BCUT2D eigenvalue weighted by Gasteiger charge is 2.19. The van der Waals surface area contributed by atoms with E-state index in [-0.39, 0.29) is 29.6 Å². The first-order valence-electron chi connectivity index (χ1n) is 8.68. The van der Waals surface area contributed by atoms with E-state index in [4.69, 9.17) is 5.73 Å². The third-order valence-corrected chi connectivity index (χ3v) is 5.96. The molecule has 0 fully saturated rings. The van der Waals surface area contributed by atoms with Gasteiger partial charge in [0.1, 0.15) is 10.4 Å². The lowest BCUT2D eigenvalue weighted by atomic mass is 9.93. The maximum Gasteiger partial charge on any atom is 0.266 e. The van der Waals surface area contributed by atoms with Gasteiger partial charge in [-0.05, 0) is 48.2 Å². The van der Waals surface area contributed by atoms with Crippen molar-refractivity contribution in [2.45, 2.75) is 19.8 Å². The predicted molar refractivity (Wildman–Crippen MR) is 116 cm³/mol. The number of H-pyrrole nitrogens is 1. The predicted octanol–water partition coefficient (Wildman–Crippen LogP) is 5.05. The van der Waals surface area contributed by atoms with Gasteiger partial charge in [-0.3, -0.25) is 4.79 Å². The zero-order valence-corrected chi connectivity index (χ0v) is 17.0. The number of hydrogen-bond donors (Lipinski definition) is 3. The molecule has 146 valence electrons. The number of thiophene rings is 1. The van der Waals surface area contributed by atoms with E-state index in [2.05, 4.69) is 11.9 Å². The van der Waals surface area contributed by atoms with E-state index in [9.17, 15) is 14.3 Å². The van der Waals surface area contributed by atoms with Gasteiger partial charge in [-0.15, -0.1) is 23.7 Å².